The summed E-state index contributed by atoms with van der Waals surface area (Å²) < 4.78 is 58.9. The van der Waals surface area contributed by atoms with Crippen molar-refractivity contribution >= 4 is 12.1 Å². The maximum Gasteiger partial charge on any atom is 0.574 e. The third-order valence-corrected chi connectivity index (χ3v) is 3.53. The molecule has 0 aromatic carbocycles. The molecule has 3 rings (SSSR count). The molecular weight excluding hydrogens is 424 g/mol. The first kappa shape index (κ1) is 21.5. The van der Waals surface area contributed by atoms with Crippen molar-refractivity contribution in [2.45, 2.75) is 6.36 Å². The van der Waals surface area contributed by atoms with E-state index in [-0.39, 0.29) is 23.0 Å². The Morgan fingerprint density at radius 2 is 1.87 bits per heavy atom. The monoisotopic (exact) mass is 436 g/mol. The lowest BCUT2D eigenvalue weighted by Gasteiger charge is -2.08. The molecule has 0 atom stereocenters. The first-order valence-electron chi connectivity index (χ1n) is 8.33. The van der Waals surface area contributed by atoms with Gasteiger partial charge in [-0.25, -0.2) is 24.8 Å². The van der Waals surface area contributed by atoms with E-state index in [9.17, 15) is 22.4 Å². The van der Waals surface area contributed by atoms with Crippen LogP contribution in [0.2, 0.25) is 0 Å². The van der Waals surface area contributed by atoms with E-state index in [1.54, 1.807) is 0 Å². The average Bonchev–Trinajstić information content (AvgIpc) is 2.74. The zero-order valence-electron chi connectivity index (χ0n) is 15.6. The number of ether oxygens (including phenoxy) is 2. The van der Waals surface area contributed by atoms with Crippen molar-refractivity contribution in [2.24, 2.45) is 5.10 Å². The smallest absolute Gasteiger partial charge is 0.481 e. The number of carbonyl (C=O) groups is 1. The van der Waals surface area contributed by atoms with Gasteiger partial charge in [-0.05, 0) is 12.1 Å². The minimum atomic E-state index is -4.86. The van der Waals surface area contributed by atoms with E-state index in [0.29, 0.717) is 5.56 Å². The van der Waals surface area contributed by atoms with Gasteiger partial charge in [-0.15, -0.1) is 13.2 Å². The van der Waals surface area contributed by atoms with Crippen LogP contribution < -0.4 is 14.9 Å². The van der Waals surface area contributed by atoms with Crippen molar-refractivity contribution in [1.82, 2.24) is 25.4 Å². The van der Waals surface area contributed by atoms with Crippen LogP contribution in [-0.4, -0.2) is 45.5 Å². The summed E-state index contributed by atoms with van der Waals surface area (Å²) in [4.78, 5) is 27.5. The second-order valence-corrected chi connectivity index (χ2v) is 5.64. The van der Waals surface area contributed by atoms with Crippen LogP contribution in [0.3, 0.4) is 0 Å². The van der Waals surface area contributed by atoms with E-state index in [2.05, 4.69) is 35.2 Å². The van der Waals surface area contributed by atoms with E-state index in [4.69, 9.17) is 4.74 Å². The summed E-state index contributed by atoms with van der Waals surface area (Å²) in [5, 5.41) is 3.62. The molecule has 0 unspecified atom stereocenters. The highest BCUT2D eigenvalue weighted by Crippen LogP contribution is 2.23. The van der Waals surface area contributed by atoms with Crippen LogP contribution in [-0.2, 0) is 0 Å². The number of halogens is 4. The van der Waals surface area contributed by atoms with Gasteiger partial charge in [0.25, 0.3) is 5.91 Å². The van der Waals surface area contributed by atoms with E-state index in [1.807, 2.05) is 0 Å². The summed E-state index contributed by atoms with van der Waals surface area (Å²) in [5.41, 5.74) is 2.30. The second kappa shape index (κ2) is 9.11. The maximum absolute atomic E-state index is 13.7. The quantitative estimate of drug-likeness (QED) is 0.359. The molecule has 0 spiro atoms. The van der Waals surface area contributed by atoms with Crippen LogP contribution in [0.25, 0.3) is 11.3 Å². The Morgan fingerprint density at radius 1 is 1.10 bits per heavy atom. The molecule has 1 N–H and O–H groups in total. The zero-order valence-corrected chi connectivity index (χ0v) is 15.6. The number of aromatic nitrogens is 4. The van der Waals surface area contributed by atoms with E-state index < -0.39 is 24.0 Å². The predicted molar refractivity (Wildman–Crippen MR) is 97.8 cm³/mol. The van der Waals surface area contributed by atoms with Crippen molar-refractivity contribution in [3.8, 4) is 23.0 Å². The van der Waals surface area contributed by atoms with E-state index in [1.165, 1.54) is 25.4 Å². The third-order valence-electron chi connectivity index (χ3n) is 3.53. The number of hydrogen-bond donors (Lipinski definition) is 1. The number of hydrogen-bond acceptors (Lipinski definition) is 8. The highest BCUT2D eigenvalue weighted by Gasteiger charge is 2.31. The van der Waals surface area contributed by atoms with Crippen molar-refractivity contribution in [2.75, 3.05) is 7.11 Å². The first-order chi connectivity index (χ1) is 14.7. The van der Waals surface area contributed by atoms with Gasteiger partial charge in [0.1, 0.15) is 11.4 Å². The summed E-state index contributed by atoms with van der Waals surface area (Å²) in [6, 6.07) is 4.72. The molecule has 13 heteroatoms. The molecule has 0 aliphatic rings. The Hall–Kier alpha value is -4.16. The van der Waals surface area contributed by atoms with Gasteiger partial charge < -0.3 is 9.47 Å². The van der Waals surface area contributed by atoms with E-state index in [0.717, 1.165) is 30.7 Å². The van der Waals surface area contributed by atoms with Gasteiger partial charge in [-0.3, -0.25) is 9.78 Å². The van der Waals surface area contributed by atoms with Crippen molar-refractivity contribution in [3.05, 3.63) is 60.1 Å². The lowest BCUT2D eigenvalue weighted by atomic mass is 10.2. The number of hydrazone groups is 1. The molecule has 0 radical (unpaired) electrons. The van der Waals surface area contributed by atoms with Crippen LogP contribution in [0, 0.1) is 5.82 Å². The van der Waals surface area contributed by atoms with Gasteiger partial charge in [0, 0.05) is 23.9 Å². The molecule has 0 fully saturated rings. The summed E-state index contributed by atoms with van der Waals surface area (Å²) in [5.74, 6) is -1.93. The number of pyridine rings is 2. The fraction of sp³-hybridized carbons (Fsp3) is 0.111. The SMILES string of the molecule is COc1ccc(F)c(/C=N/NC(=O)c2cncc(-c3ccc(OC(F)(F)F)nc3)n2)n1. The van der Waals surface area contributed by atoms with Crippen molar-refractivity contribution in [1.29, 1.82) is 0 Å². The molecule has 0 aliphatic heterocycles. The third kappa shape index (κ3) is 5.91. The molecule has 9 nitrogen and oxygen atoms in total. The van der Waals surface area contributed by atoms with Crippen LogP contribution in [0.1, 0.15) is 16.2 Å². The molecule has 1 amide bonds. The summed E-state index contributed by atoms with van der Waals surface area (Å²) in [6.07, 6.45) is -0.362. The van der Waals surface area contributed by atoms with E-state index >= 15 is 0 Å². The van der Waals surface area contributed by atoms with Crippen LogP contribution in [0.4, 0.5) is 17.6 Å². The number of methoxy groups -OCH3 is 1. The number of carbonyl (C=O) groups excluding carboxylic acids is 1. The minimum Gasteiger partial charge on any atom is -0.481 e. The largest absolute Gasteiger partial charge is 0.574 e. The number of nitrogens with zero attached hydrogens (tertiary/aromatic N) is 5. The Kier molecular flexibility index (Phi) is 6.33. The summed E-state index contributed by atoms with van der Waals surface area (Å²) in [7, 11) is 1.36. The number of rotatable bonds is 6. The summed E-state index contributed by atoms with van der Waals surface area (Å²) in [6.45, 7) is 0. The highest BCUT2D eigenvalue weighted by molar-refractivity contribution is 5.93. The molecule has 3 aromatic rings. The van der Waals surface area contributed by atoms with Crippen LogP contribution >= 0.6 is 0 Å². The molecule has 0 saturated carbocycles. The van der Waals surface area contributed by atoms with Crippen LogP contribution in [0.15, 0.2) is 48.0 Å². The van der Waals surface area contributed by atoms with Gasteiger partial charge in [0.05, 0.1) is 31.4 Å². The Labute approximate surface area is 171 Å². The standard InChI is InChI=1S/C18H12F4N6O3/c1-30-16-5-3-11(19)13(27-16)9-25-28-17(29)14-8-23-7-12(26-14)10-2-4-15(24-6-10)31-18(20,21)22/h2-9H,1H3,(H,28,29)/b25-9+. The fourth-order valence-corrected chi connectivity index (χ4v) is 2.18. The van der Waals surface area contributed by atoms with Crippen molar-refractivity contribution in [3.63, 3.8) is 0 Å². The van der Waals surface area contributed by atoms with Gasteiger partial charge >= 0.3 is 6.36 Å². The predicted octanol–water partition coefficient (Wildman–Crippen LogP) is 2.74. The number of alkyl halides is 3. The van der Waals surface area contributed by atoms with Gasteiger partial charge in [0.2, 0.25) is 11.8 Å². The Balaban J connectivity index is 1.70. The second-order valence-electron chi connectivity index (χ2n) is 5.64. The van der Waals surface area contributed by atoms with Crippen molar-refractivity contribution < 1.29 is 31.8 Å². The minimum absolute atomic E-state index is 0.149. The molecular formula is C18H12F4N6O3. The molecule has 3 heterocycles. The normalized spacial score (nSPS) is 11.4. The van der Waals surface area contributed by atoms with Gasteiger partial charge in [-0.1, -0.05) is 0 Å². The zero-order chi connectivity index (χ0) is 22.4. The number of nitrogens with one attached hydrogen (secondary N) is 1. The Morgan fingerprint density at radius 3 is 2.55 bits per heavy atom. The first-order valence-corrected chi connectivity index (χ1v) is 8.33. The Bertz CT molecular complexity index is 1110. The lowest BCUT2D eigenvalue weighted by Crippen LogP contribution is -2.19. The molecule has 0 saturated heterocycles. The maximum atomic E-state index is 13.7. The molecule has 0 aliphatic carbocycles. The molecule has 160 valence electrons. The van der Waals surface area contributed by atoms with Gasteiger partial charge in [0.15, 0.2) is 5.82 Å². The van der Waals surface area contributed by atoms with Gasteiger partial charge in [-0.2, -0.15) is 5.10 Å². The highest BCUT2D eigenvalue weighted by atomic mass is 19.4. The molecule has 0 bridgehead atoms. The average molecular weight is 436 g/mol. The lowest BCUT2D eigenvalue weighted by molar-refractivity contribution is -0.276. The fourth-order valence-electron chi connectivity index (χ4n) is 2.18. The molecule has 3 aromatic heterocycles. The number of amides is 1. The topological polar surface area (TPSA) is 111 Å². The summed E-state index contributed by atoms with van der Waals surface area (Å²) >= 11 is 0. The van der Waals surface area contributed by atoms with Crippen LogP contribution in [0.5, 0.6) is 11.8 Å². The molecule has 31 heavy (non-hydrogen) atoms.